The van der Waals surface area contributed by atoms with Gasteiger partial charge in [-0.2, -0.15) is 0 Å². The lowest BCUT2D eigenvalue weighted by Crippen LogP contribution is -2.60. The van der Waals surface area contributed by atoms with Crippen LogP contribution in [0.1, 0.15) is 60.8 Å². The summed E-state index contributed by atoms with van der Waals surface area (Å²) in [6.45, 7) is 9.74. The van der Waals surface area contributed by atoms with Crippen LogP contribution in [0.2, 0.25) is 0 Å². The molecule has 7 N–H and O–H groups in total. The lowest BCUT2D eigenvalue weighted by Gasteiger charge is -2.29. The van der Waals surface area contributed by atoms with Crippen LogP contribution in [0, 0.1) is 5.92 Å². The van der Waals surface area contributed by atoms with E-state index in [1.54, 1.807) is 24.3 Å². The number of carbonyl (C=O) groups is 7. The van der Waals surface area contributed by atoms with Crippen molar-refractivity contribution in [3.8, 4) is 0 Å². The molecule has 6 atom stereocenters. The number of ether oxygens (including phenoxy) is 1. The van der Waals surface area contributed by atoms with E-state index in [2.05, 4.69) is 26.6 Å². The zero-order valence-electron chi connectivity index (χ0n) is 31.2. The topological polar surface area (TPSA) is 215 Å². The molecule has 1 heterocycles. The zero-order chi connectivity index (χ0) is 39.8. The van der Waals surface area contributed by atoms with Crippen molar-refractivity contribution in [3.63, 3.8) is 0 Å². The first kappa shape index (κ1) is 45.2. The van der Waals surface area contributed by atoms with Crippen LogP contribution < -0.4 is 32.3 Å². The summed E-state index contributed by atoms with van der Waals surface area (Å²) in [4.78, 5) is 90.4. The lowest BCUT2D eigenvalue weighted by atomic mass is 10.0. The highest BCUT2D eigenvalue weighted by atomic mass is 16.5. The van der Waals surface area contributed by atoms with E-state index in [9.17, 15) is 33.6 Å². The average molecular weight is 735 g/mol. The average Bonchev–Trinajstić information content (AvgIpc) is 3.09. The van der Waals surface area contributed by atoms with Crippen molar-refractivity contribution < 1.29 is 38.3 Å². The van der Waals surface area contributed by atoms with E-state index in [0.717, 1.165) is 6.08 Å². The minimum Gasteiger partial charge on any atom is -0.458 e. The van der Waals surface area contributed by atoms with Gasteiger partial charge >= 0.3 is 5.97 Å². The highest BCUT2D eigenvalue weighted by molar-refractivity contribution is 5.97. The molecule has 0 spiro atoms. The molecule has 288 valence electrons. The molecule has 0 radical (unpaired) electrons. The number of cyclic esters (lactones) is 1. The van der Waals surface area contributed by atoms with Crippen molar-refractivity contribution in [2.75, 3.05) is 0 Å². The second kappa shape index (κ2) is 25.2. The normalized spacial score (nSPS) is 24.6. The van der Waals surface area contributed by atoms with E-state index in [0.29, 0.717) is 0 Å². The number of amides is 6. The fourth-order valence-corrected chi connectivity index (χ4v) is 4.53. The Labute approximate surface area is 311 Å². The molecule has 0 unspecified atom stereocenters. The van der Waals surface area contributed by atoms with Gasteiger partial charge in [0.05, 0.1) is 0 Å². The van der Waals surface area contributed by atoms with Gasteiger partial charge in [0.1, 0.15) is 36.3 Å². The first-order chi connectivity index (χ1) is 25.2. The Morgan fingerprint density at radius 3 is 1.62 bits per heavy atom. The highest BCUT2D eigenvalue weighted by Gasteiger charge is 2.36. The quantitative estimate of drug-likeness (QED) is 0.0882. The van der Waals surface area contributed by atoms with E-state index in [4.69, 9.17) is 10.5 Å². The second-order valence-corrected chi connectivity index (χ2v) is 12.5. The molecule has 1 rings (SSSR count). The van der Waals surface area contributed by atoms with Crippen LogP contribution in [0.4, 0.5) is 0 Å². The van der Waals surface area contributed by atoms with Crippen LogP contribution in [0.15, 0.2) is 97.2 Å². The molecule has 0 aromatic rings. The van der Waals surface area contributed by atoms with E-state index < -0.39 is 77.7 Å². The molecular formula is C39H54N6O8. The molecule has 1 saturated heterocycles. The number of hydrogen-bond acceptors (Lipinski definition) is 8. The Balaban J connectivity index is 3.23. The highest BCUT2D eigenvalue weighted by Crippen LogP contribution is 2.11. The van der Waals surface area contributed by atoms with Crippen LogP contribution >= 0.6 is 0 Å². The summed E-state index contributed by atoms with van der Waals surface area (Å²) in [5.41, 5.74) is 5.27. The largest absolute Gasteiger partial charge is 0.458 e. The number of nitrogens with two attached hydrogens (primary N) is 1. The van der Waals surface area contributed by atoms with Gasteiger partial charge in [0.15, 0.2) is 0 Å². The van der Waals surface area contributed by atoms with E-state index in [1.165, 1.54) is 26.8 Å². The lowest BCUT2D eigenvalue weighted by molar-refractivity contribution is -0.156. The maximum absolute atomic E-state index is 13.7. The van der Waals surface area contributed by atoms with Gasteiger partial charge in [-0.3, -0.25) is 28.8 Å². The number of rotatable bonds is 14. The maximum atomic E-state index is 13.7. The first-order valence-electron chi connectivity index (χ1n) is 17.5. The maximum Gasteiger partial charge on any atom is 0.329 e. The monoisotopic (exact) mass is 734 g/mol. The van der Waals surface area contributed by atoms with E-state index in [1.807, 2.05) is 81.5 Å². The Hall–Kier alpha value is -5.79. The molecule has 0 aromatic heterocycles. The Morgan fingerprint density at radius 1 is 0.679 bits per heavy atom. The van der Waals surface area contributed by atoms with Gasteiger partial charge in [0.25, 0.3) is 0 Å². The predicted octanol–water partition coefficient (Wildman–Crippen LogP) is 2.18. The van der Waals surface area contributed by atoms with Gasteiger partial charge in [0.2, 0.25) is 35.4 Å². The zero-order valence-corrected chi connectivity index (χ0v) is 31.2. The Kier molecular flexibility index (Phi) is 21.5. The van der Waals surface area contributed by atoms with Gasteiger partial charge in [-0.15, -0.1) is 0 Å². The first-order valence-corrected chi connectivity index (χ1v) is 17.5. The van der Waals surface area contributed by atoms with Gasteiger partial charge in [0, 0.05) is 12.5 Å². The Morgan fingerprint density at radius 2 is 1.13 bits per heavy atom. The fourth-order valence-electron chi connectivity index (χ4n) is 4.53. The molecule has 0 bridgehead atoms. The molecule has 6 amide bonds. The molecule has 14 heteroatoms. The molecule has 1 fully saturated rings. The summed E-state index contributed by atoms with van der Waals surface area (Å²) >= 11 is 0. The van der Waals surface area contributed by atoms with Crippen molar-refractivity contribution in [2.45, 2.75) is 97.1 Å². The third-order valence-electron chi connectivity index (χ3n) is 7.36. The molecule has 0 aliphatic carbocycles. The summed E-state index contributed by atoms with van der Waals surface area (Å²) in [6.07, 6.45) is 26.7. The number of primary amides is 1. The summed E-state index contributed by atoms with van der Waals surface area (Å²) in [7, 11) is 0. The summed E-state index contributed by atoms with van der Waals surface area (Å²) in [6, 6.07) is -6.26. The summed E-state index contributed by atoms with van der Waals surface area (Å²) in [5.74, 6) is -5.53. The SMILES string of the molecule is C/C=C/C=C/C=C/C=C/C=C/C=C/C=C/C=C/C(=O)N[C@@H]1C(=O)N[C@@H](CC(C)C)C(=O)N[C@@H](C)C(=O)N[C@@H](C)C(=O)N[C@@H](CCC(N)=O)C(=O)O[C@@H]1C. The third-order valence-corrected chi connectivity index (χ3v) is 7.36. The van der Waals surface area contributed by atoms with Crippen molar-refractivity contribution in [1.29, 1.82) is 0 Å². The number of carbonyl (C=O) groups excluding carboxylic acids is 7. The number of hydrogen-bond donors (Lipinski definition) is 6. The minimum absolute atomic E-state index is 0.0764. The minimum atomic E-state index is -1.50. The van der Waals surface area contributed by atoms with Crippen LogP contribution in [0.25, 0.3) is 0 Å². The van der Waals surface area contributed by atoms with Gasteiger partial charge in [-0.25, -0.2) is 4.79 Å². The third kappa shape index (κ3) is 19.4. The van der Waals surface area contributed by atoms with Gasteiger partial charge in [-0.05, 0) is 46.5 Å². The van der Waals surface area contributed by atoms with Gasteiger partial charge < -0.3 is 37.1 Å². The molecule has 1 aliphatic heterocycles. The van der Waals surface area contributed by atoms with Crippen molar-refractivity contribution in [1.82, 2.24) is 26.6 Å². The second-order valence-electron chi connectivity index (χ2n) is 12.5. The van der Waals surface area contributed by atoms with Crippen molar-refractivity contribution >= 4 is 41.4 Å². The van der Waals surface area contributed by atoms with E-state index in [-0.39, 0.29) is 25.2 Å². The summed E-state index contributed by atoms with van der Waals surface area (Å²) in [5, 5.41) is 12.6. The van der Waals surface area contributed by atoms with Crippen LogP contribution in [-0.4, -0.2) is 77.7 Å². The van der Waals surface area contributed by atoms with Crippen molar-refractivity contribution in [2.24, 2.45) is 11.7 Å². The molecule has 0 aromatic carbocycles. The standard InChI is InChI=1S/C39H54N6O8/c1-7-8-9-10-11-12-13-14-15-16-17-18-19-20-21-22-33(47)45-34-29(6)53-39(52)30(23-24-32(40)46)43-36(49)28(5)41-35(48)27(4)42-37(50)31(25-26(2)3)44-38(34)51/h7-22,26-31,34H,23-25H2,1-6H3,(H2,40,46)(H,41,48)(H,42,50)(H,43,49)(H,44,51)(H,45,47)/b8-7+,10-9+,12-11+,14-13+,16-15+,18-17+,20-19+,22-21+/t27-,28-,29+,30-,31-,34-/m0/s1. The Bertz CT molecular complexity index is 1520. The molecule has 53 heavy (non-hydrogen) atoms. The smallest absolute Gasteiger partial charge is 0.329 e. The van der Waals surface area contributed by atoms with Crippen LogP contribution in [0.3, 0.4) is 0 Å². The van der Waals surface area contributed by atoms with Crippen LogP contribution in [0.5, 0.6) is 0 Å². The summed E-state index contributed by atoms with van der Waals surface area (Å²) < 4.78 is 5.54. The number of allylic oxidation sites excluding steroid dienone is 15. The number of nitrogens with one attached hydrogen (secondary N) is 5. The molecule has 0 saturated carbocycles. The van der Waals surface area contributed by atoms with Crippen molar-refractivity contribution in [3.05, 3.63) is 97.2 Å². The fraction of sp³-hybridized carbons (Fsp3) is 0.410. The molecule has 14 nitrogen and oxygen atoms in total. The van der Waals surface area contributed by atoms with E-state index >= 15 is 0 Å². The predicted molar refractivity (Wildman–Crippen MR) is 203 cm³/mol. The van der Waals surface area contributed by atoms with Gasteiger partial charge in [-0.1, -0.05) is 105 Å². The molecule has 1 aliphatic rings. The van der Waals surface area contributed by atoms with Crippen LogP contribution in [-0.2, 0) is 38.3 Å². The molecular weight excluding hydrogens is 680 g/mol. The number of esters is 1.